The van der Waals surface area contributed by atoms with Crippen LogP contribution in [0.25, 0.3) is 0 Å². The third-order valence-corrected chi connectivity index (χ3v) is 3.30. The average Bonchev–Trinajstić information content (AvgIpc) is 2.34. The zero-order chi connectivity index (χ0) is 14.5. The summed E-state index contributed by atoms with van der Waals surface area (Å²) in [5.41, 5.74) is -0.539. The second kappa shape index (κ2) is 6.78. The van der Waals surface area contributed by atoms with E-state index in [0.717, 1.165) is 12.8 Å². The number of hydrogen-bond acceptors (Lipinski definition) is 3. The van der Waals surface area contributed by atoms with Gasteiger partial charge in [-0.1, -0.05) is 19.3 Å². The molecule has 1 rings (SSSR count). The first kappa shape index (κ1) is 15.8. The molecule has 1 fully saturated rings. The van der Waals surface area contributed by atoms with Crippen molar-refractivity contribution in [2.24, 2.45) is 0 Å². The van der Waals surface area contributed by atoms with Crippen LogP contribution in [0.5, 0.6) is 0 Å². The fourth-order valence-corrected chi connectivity index (χ4v) is 2.26. The number of rotatable bonds is 3. The molecule has 5 heteroatoms. The van der Waals surface area contributed by atoms with E-state index < -0.39 is 11.7 Å². The highest BCUT2D eigenvalue weighted by atomic mass is 16.6. The first-order valence-electron chi connectivity index (χ1n) is 7.02. The van der Waals surface area contributed by atoms with E-state index in [9.17, 15) is 9.59 Å². The number of alkyl carbamates (subject to hydrolysis) is 1. The molecule has 0 radical (unpaired) electrons. The predicted molar refractivity (Wildman–Crippen MR) is 73.9 cm³/mol. The van der Waals surface area contributed by atoms with Crippen molar-refractivity contribution >= 4 is 12.0 Å². The number of likely N-dealkylation sites (N-methyl/N-ethyl adjacent to an activating group) is 1. The van der Waals surface area contributed by atoms with Gasteiger partial charge in [0.25, 0.3) is 0 Å². The quantitative estimate of drug-likeness (QED) is 0.856. The fourth-order valence-electron chi connectivity index (χ4n) is 2.26. The van der Waals surface area contributed by atoms with Crippen LogP contribution in [0.15, 0.2) is 0 Å². The van der Waals surface area contributed by atoms with Gasteiger partial charge in [-0.05, 0) is 33.6 Å². The van der Waals surface area contributed by atoms with Crippen LogP contribution in [-0.2, 0) is 9.53 Å². The van der Waals surface area contributed by atoms with Gasteiger partial charge in [-0.25, -0.2) is 4.79 Å². The van der Waals surface area contributed by atoms with Crippen LogP contribution in [-0.4, -0.2) is 42.1 Å². The Labute approximate surface area is 115 Å². The number of carbonyl (C=O) groups excluding carboxylic acids is 2. The Bertz CT molecular complexity index is 317. The molecule has 2 amide bonds. The lowest BCUT2D eigenvalue weighted by Crippen LogP contribution is -2.44. The van der Waals surface area contributed by atoms with Crippen LogP contribution in [0.3, 0.4) is 0 Å². The molecular weight excluding hydrogens is 244 g/mol. The normalized spacial score (nSPS) is 16.8. The van der Waals surface area contributed by atoms with Crippen molar-refractivity contribution in [2.45, 2.75) is 64.5 Å². The molecule has 1 saturated carbocycles. The number of amides is 2. The Kier molecular flexibility index (Phi) is 5.63. The molecule has 0 aromatic rings. The van der Waals surface area contributed by atoms with Gasteiger partial charge in [0.1, 0.15) is 12.1 Å². The van der Waals surface area contributed by atoms with Gasteiger partial charge in [0, 0.05) is 13.1 Å². The largest absolute Gasteiger partial charge is 0.444 e. The van der Waals surface area contributed by atoms with Crippen molar-refractivity contribution < 1.29 is 14.3 Å². The maximum absolute atomic E-state index is 12.0. The molecule has 5 nitrogen and oxygen atoms in total. The third-order valence-electron chi connectivity index (χ3n) is 3.30. The van der Waals surface area contributed by atoms with Crippen molar-refractivity contribution in [3.63, 3.8) is 0 Å². The molecule has 0 saturated heterocycles. The molecule has 0 atom stereocenters. The SMILES string of the molecule is CN(C(=O)CNC(=O)OC(C)(C)C)C1CCCCC1. The van der Waals surface area contributed by atoms with E-state index in [-0.39, 0.29) is 12.5 Å². The van der Waals surface area contributed by atoms with Crippen molar-refractivity contribution in [3.05, 3.63) is 0 Å². The summed E-state index contributed by atoms with van der Waals surface area (Å²) in [5, 5.41) is 2.51. The topological polar surface area (TPSA) is 58.6 Å². The first-order chi connectivity index (χ1) is 8.79. The predicted octanol–water partition coefficient (Wildman–Crippen LogP) is 2.30. The van der Waals surface area contributed by atoms with Gasteiger partial charge in [-0.15, -0.1) is 0 Å². The van der Waals surface area contributed by atoms with Gasteiger partial charge in [0.15, 0.2) is 0 Å². The summed E-state index contributed by atoms with van der Waals surface area (Å²) in [7, 11) is 1.81. The molecule has 0 aromatic heterocycles. The lowest BCUT2D eigenvalue weighted by atomic mass is 9.94. The van der Waals surface area contributed by atoms with Gasteiger partial charge in [-0.2, -0.15) is 0 Å². The van der Waals surface area contributed by atoms with E-state index in [1.165, 1.54) is 19.3 Å². The average molecular weight is 270 g/mol. The zero-order valence-electron chi connectivity index (χ0n) is 12.5. The van der Waals surface area contributed by atoms with Crippen molar-refractivity contribution in [3.8, 4) is 0 Å². The van der Waals surface area contributed by atoms with E-state index in [2.05, 4.69) is 5.32 Å². The van der Waals surface area contributed by atoms with E-state index in [4.69, 9.17) is 4.74 Å². The van der Waals surface area contributed by atoms with E-state index in [0.29, 0.717) is 6.04 Å². The standard InChI is InChI=1S/C14H26N2O3/c1-14(2,3)19-13(18)15-10-12(17)16(4)11-8-6-5-7-9-11/h11H,5-10H2,1-4H3,(H,15,18). The molecule has 1 aliphatic carbocycles. The van der Waals surface area contributed by atoms with Crippen LogP contribution < -0.4 is 5.32 Å². The molecule has 1 aliphatic rings. The van der Waals surface area contributed by atoms with Crippen LogP contribution >= 0.6 is 0 Å². The highest BCUT2D eigenvalue weighted by Crippen LogP contribution is 2.21. The lowest BCUT2D eigenvalue weighted by molar-refractivity contribution is -0.131. The lowest BCUT2D eigenvalue weighted by Gasteiger charge is -2.31. The highest BCUT2D eigenvalue weighted by molar-refractivity contribution is 5.82. The summed E-state index contributed by atoms with van der Waals surface area (Å²) in [6, 6.07) is 0.321. The molecule has 0 bridgehead atoms. The Morgan fingerprint density at radius 1 is 1.21 bits per heavy atom. The summed E-state index contributed by atoms with van der Waals surface area (Å²) in [6.45, 7) is 5.38. The summed E-state index contributed by atoms with van der Waals surface area (Å²) in [5.74, 6) is -0.0576. The minimum Gasteiger partial charge on any atom is -0.444 e. The number of nitrogens with zero attached hydrogens (tertiary/aromatic N) is 1. The van der Waals surface area contributed by atoms with E-state index >= 15 is 0 Å². The fraction of sp³-hybridized carbons (Fsp3) is 0.857. The van der Waals surface area contributed by atoms with Gasteiger partial charge in [0.2, 0.25) is 5.91 Å². The third kappa shape index (κ3) is 5.94. The van der Waals surface area contributed by atoms with Crippen LogP contribution in [0.4, 0.5) is 4.79 Å². The second-order valence-corrected chi connectivity index (χ2v) is 6.15. The number of ether oxygens (including phenoxy) is 1. The minimum atomic E-state index is -0.544. The zero-order valence-corrected chi connectivity index (χ0v) is 12.5. The second-order valence-electron chi connectivity index (χ2n) is 6.15. The monoisotopic (exact) mass is 270 g/mol. The Hall–Kier alpha value is -1.26. The Morgan fingerprint density at radius 3 is 2.32 bits per heavy atom. The van der Waals surface area contributed by atoms with Crippen molar-refractivity contribution in [1.82, 2.24) is 10.2 Å². The van der Waals surface area contributed by atoms with Gasteiger partial charge >= 0.3 is 6.09 Å². The molecule has 1 N–H and O–H groups in total. The number of hydrogen-bond donors (Lipinski definition) is 1. The Balaban J connectivity index is 2.32. The summed E-state index contributed by atoms with van der Waals surface area (Å²) in [4.78, 5) is 25.2. The molecule has 0 aliphatic heterocycles. The maximum atomic E-state index is 12.0. The van der Waals surface area contributed by atoms with E-state index in [1.54, 1.807) is 25.7 Å². The van der Waals surface area contributed by atoms with Gasteiger partial charge in [-0.3, -0.25) is 4.79 Å². The summed E-state index contributed by atoms with van der Waals surface area (Å²) in [6.07, 6.45) is 5.21. The molecule has 0 aromatic carbocycles. The van der Waals surface area contributed by atoms with Crippen molar-refractivity contribution in [2.75, 3.05) is 13.6 Å². The molecule has 110 valence electrons. The van der Waals surface area contributed by atoms with Gasteiger partial charge < -0.3 is 15.0 Å². The maximum Gasteiger partial charge on any atom is 0.408 e. The van der Waals surface area contributed by atoms with E-state index in [1.807, 2.05) is 7.05 Å². The first-order valence-corrected chi connectivity index (χ1v) is 7.02. The van der Waals surface area contributed by atoms with Crippen LogP contribution in [0, 0.1) is 0 Å². The van der Waals surface area contributed by atoms with Gasteiger partial charge in [0.05, 0.1) is 0 Å². The summed E-state index contributed by atoms with van der Waals surface area (Å²) < 4.78 is 5.09. The van der Waals surface area contributed by atoms with Crippen LogP contribution in [0.2, 0.25) is 0 Å². The molecule has 0 heterocycles. The highest BCUT2D eigenvalue weighted by Gasteiger charge is 2.23. The molecule has 0 spiro atoms. The molecule has 19 heavy (non-hydrogen) atoms. The number of nitrogens with one attached hydrogen (secondary N) is 1. The minimum absolute atomic E-state index is 0.00190. The smallest absolute Gasteiger partial charge is 0.408 e. The Morgan fingerprint density at radius 2 is 1.79 bits per heavy atom. The number of carbonyl (C=O) groups is 2. The molecule has 0 unspecified atom stereocenters. The van der Waals surface area contributed by atoms with Crippen molar-refractivity contribution in [1.29, 1.82) is 0 Å². The summed E-state index contributed by atoms with van der Waals surface area (Å²) >= 11 is 0. The molecular formula is C14H26N2O3. The van der Waals surface area contributed by atoms with Crippen LogP contribution in [0.1, 0.15) is 52.9 Å².